The van der Waals surface area contributed by atoms with Gasteiger partial charge in [-0.2, -0.15) is 5.26 Å². The van der Waals surface area contributed by atoms with Crippen LogP contribution in [0.5, 0.6) is 5.75 Å². The van der Waals surface area contributed by atoms with Gasteiger partial charge in [0, 0.05) is 24.4 Å². The maximum Gasteiger partial charge on any atom is 0.165 e. The van der Waals surface area contributed by atoms with Crippen LogP contribution in [-0.2, 0) is 7.05 Å². The molecule has 6 heteroatoms. The molecule has 0 unspecified atom stereocenters. The standard InChI is InChI=1S/C23H17FN4O/c1-28-14-27-21(19-12-15(13-25)10-11-26-19)22(28)17-8-9-18(24)23(29-2)20(17)16-6-4-3-5-7-16/h3-12,14H,1-2H3. The van der Waals surface area contributed by atoms with Crippen molar-refractivity contribution >= 4 is 0 Å². The van der Waals surface area contributed by atoms with Crippen molar-refractivity contribution in [2.24, 2.45) is 7.05 Å². The molecular weight excluding hydrogens is 367 g/mol. The van der Waals surface area contributed by atoms with Crippen LogP contribution >= 0.6 is 0 Å². The van der Waals surface area contributed by atoms with Crippen molar-refractivity contribution in [1.29, 1.82) is 5.26 Å². The van der Waals surface area contributed by atoms with Gasteiger partial charge in [-0.15, -0.1) is 0 Å². The number of hydrogen-bond acceptors (Lipinski definition) is 4. The predicted molar refractivity (Wildman–Crippen MR) is 109 cm³/mol. The number of imidazole rings is 1. The molecule has 0 atom stereocenters. The minimum atomic E-state index is -0.441. The largest absolute Gasteiger partial charge is 0.493 e. The van der Waals surface area contributed by atoms with Crippen LogP contribution in [0.1, 0.15) is 5.56 Å². The second-order valence-corrected chi connectivity index (χ2v) is 6.46. The highest BCUT2D eigenvalue weighted by Gasteiger charge is 2.23. The molecule has 0 amide bonds. The van der Waals surface area contributed by atoms with E-state index >= 15 is 0 Å². The number of nitriles is 1. The van der Waals surface area contributed by atoms with Gasteiger partial charge in [-0.25, -0.2) is 9.37 Å². The van der Waals surface area contributed by atoms with Crippen LogP contribution in [0, 0.1) is 17.1 Å². The number of benzene rings is 2. The van der Waals surface area contributed by atoms with Gasteiger partial charge in [0.2, 0.25) is 0 Å². The van der Waals surface area contributed by atoms with Crippen molar-refractivity contribution in [3.8, 4) is 45.6 Å². The molecule has 0 aliphatic carbocycles. The summed E-state index contributed by atoms with van der Waals surface area (Å²) in [6, 6.07) is 18.1. The number of halogens is 1. The Labute approximate surface area is 167 Å². The van der Waals surface area contributed by atoms with Crippen LogP contribution in [0.4, 0.5) is 4.39 Å². The van der Waals surface area contributed by atoms with Crippen molar-refractivity contribution < 1.29 is 9.13 Å². The minimum absolute atomic E-state index is 0.166. The van der Waals surface area contributed by atoms with E-state index in [0.29, 0.717) is 22.5 Å². The number of aromatic nitrogens is 3. The first-order valence-electron chi connectivity index (χ1n) is 8.94. The van der Waals surface area contributed by atoms with E-state index in [4.69, 9.17) is 4.74 Å². The summed E-state index contributed by atoms with van der Waals surface area (Å²) in [5, 5.41) is 9.23. The molecule has 0 aliphatic rings. The molecule has 2 aromatic carbocycles. The molecule has 4 rings (SSSR count). The number of pyridine rings is 1. The molecule has 0 radical (unpaired) electrons. The lowest BCUT2D eigenvalue weighted by molar-refractivity contribution is 0.388. The van der Waals surface area contributed by atoms with E-state index in [1.807, 2.05) is 41.9 Å². The third-order valence-corrected chi connectivity index (χ3v) is 4.70. The van der Waals surface area contributed by atoms with Crippen molar-refractivity contribution in [2.75, 3.05) is 7.11 Å². The van der Waals surface area contributed by atoms with E-state index in [-0.39, 0.29) is 5.75 Å². The molecular formula is C23H17FN4O. The fourth-order valence-electron chi connectivity index (χ4n) is 3.41. The Kier molecular flexibility index (Phi) is 4.80. The Morgan fingerprint density at radius 2 is 1.86 bits per heavy atom. The van der Waals surface area contributed by atoms with Crippen LogP contribution in [-0.4, -0.2) is 21.6 Å². The molecule has 29 heavy (non-hydrogen) atoms. The van der Waals surface area contributed by atoms with Crippen molar-refractivity contribution in [2.45, 2.75) is 0 Å². The minimum Gasteiger partial charge on any atom is -0.493 e. The van der Waals surface area contributed by atoms with Crippen molar-refractivity contribution in [3.05, 3.63) is 78.5 Å². The average molecular weight is 384 g/mol. The Morgan fingerprint density at radius 1 is 1.07 bits per heavy atom. The molecule has 0 N–H and O–H groups in total. The zero-order valence-electron chi connectivity index (χ0n) is 15.9. The van der Waals surface area contributed by atoms with Gasteiger partial charge in [0.1, 0.15) is 5.69 Å². The lowest BCUT2D eigenvalue weighted by Crippen LogP contribution is -1.99. The molecule has 142 valence electrons. The van der Waals surface area contributed by atoms with Gasteiger partial charge in [-0.05, 0) is 29.8 Å². The Hall–Kier alpha value is -3.98. The number of rotatable bonds is 4. The molecule has 0 fully saturated rings. The number of ether oxygens (including phenoxy) is 1. The van der Waals surface area contributed by atoms with Crippen LogP contribution in [0.25, 0.3) is 33.8 Å². The first-order valence-corrected chi connectivity index (χ1v) is 8.94. The van der Waals surface area contributed by atoms with E-state index in [1.165, 1.54) is 13.2 Å². The average Bonchev–Trinajstić information content (AvgIpc) is 3.15. The normalized spacial score (nSPS) is 10.6. The lowest BCUT2D eigenvalue weighted by atomic mass is 9.94. The second-order valence-electron chi connectivity index (χ2n) is 6.46. The Bertz CT molecular complexity index is 1230. The van der Waals surface area contributed by atoms with Gasteiger partial charge < -0.3 is 9.30 Å². The molecule has 2 aromatic heterocycles. The molecule has 0 bridgehead atoms. The molecule has 5 nitrogen and oxygen atoms in total. The predicted octanol–water partition coefficient (Wildman–Crippen LogP) is 4.84. The Morgan fingerprint density at radius 3 is 2.59 bits per heavy atom. The second kappa shape index (κ2) is 7.56. The third-order valence-electron chi connectivity index (χ3n) is 4.70. The molecule has 4 aromatic rings. The number of nitrogens with zero attached hydrogens (tertiary/aromatic N) is 4. The SMILES string of the molecule is COc1c(F)ccc(-c2c(-c3cc(C#N)ccn3)ncn2C)c1-c1ccccc1. The molecule has 0 spiro atoms. The van der Waals surface area contributed by atoms with Crippen LogP contribution in [0.2, 0.25) is 0 Å². The number of aryl methyl sites for hydroxylation is 1. The first-order chi connectivity index (χ1) is 14.1. The fourth-order valence-corrected chi connectivity index (χ4v) is 3.41. The van der Waals surface area contributed by atoms with Crippen molar-refractivity contribution in [3.63, 3.8) is 0 Å². The first kappa shape index (κ1) is 18.4. The molecule has 0 saturated carbocycles. The van der Waals surface area contributed by atoms with Gasteiger partial charge in [0.05, 0.1) is 36.5 Å². The highest BCUT2D eigenvalue weighted by Crippen LogP contribution is 2.43. The number of methoxy groups -OCH3 is 1. The zero-order chi connectivity index (χ0) is 20.4. The van der Waals surface area contributed by atoms with E-state index < -0.39 is 5.82 Å². The third kappa shape index (κ3) is 3.23. The molecule has 0 aliphatic heterocycles. The maximum absolute atomic E-state index is 14.6. The number of hydrogen-bond donors (Lipinski definition) is 0. The molecule has 0 saturated heterocycles. The topological polar surface area (TPSA) is 63.7 Å². The summed E-state index contributed by atoms with van der Waals surface area (Å²) >= 11 is 0. The monoisotopic (exact) mass is 384 g/mol. The smallest absolute Gasteiger partial charge is 0.165 e. The van der Waals surface area contributed by atoms with Gasteiger partial charge >= 0.3 is 0 Å². The summed E-state index contributed by atoms with van der Waals surface area (Å²) < 4.78 is 21.9. The quantitative estimate of drug-likeness (QED) is 0.505. The van der Waals surface area contributed by atoms with Gasteiger partial charge in [0.25, 0.3) is 0 Å². The summed E-state index contributed by atoms with van der Waals surface area (Å²) in [4.78, 5) is 8.89. The van der Waals surface area contributed by atoms with E-state index in [0.717, 1.165) is 16.8 Å². The van der Waals surface area contributed by atoms with Crippen LogP contribution in [0.15, 0.2) is 67.1 Å². The summed E-state index contributed by atoms with van der Waals surface area (Å²) in [5.74, 6) is -0.275. The summed E-state index contributed by atoms with van der Waals surface area (Å²) in [5.41, 5.74) is 4.64. The lowest BCUT2D eigenvalue weighted by Gasteiger charge is -2.16. The van der Waals surface area contributed by atoms with Gasteiger partial charge in [-0.1, -0.05) is 30.3 Å². The summed E-state index contributed by atoms with van der Waals surface area (Å²) in [7, 11) is 3.32. The van der Waals surface area contributed by atoms with Crippen molar-refractivity contribution in [1.82, 2.24) is 14.5 Å². The van der Waals surface area contributed by atoms with Crippen LogP contribution in [0.3, 0.4) is 0 Å². The van der Waals surface area contributed by atoms with E-state index in [9.17, 15) is 9.65 Å². The summed E-state index contributed by atoms with van der Waals surface area (Å²) in [6.45, 7) is 0. The van der Waals surface area contributed by atoms with E-state index in [2.05, 4.69) is 16.0 Å². The maximum atomic E-state index is 14.6. The Balaban J connectivity index is 2.03. The highest BCUT2D eigenvalue weighted by atomic mass is 19.1. The highest BCUT2D eigenvalue weighted by molar-refractivity contribution is 5.91. The summed E-state index contributed by atoms with van der Waals surface area (Å²) in [6.07, 6.45) is 3.26. The van der Waals surface area contributed by atoms with Gasteiger partial charge in [-0.3, -0.25) is 4.98 Å². The fraction of sp³-hybridized carbons (Fsp3) is 0.0870. The van der Waals surface area contributed by atoms with Crippen LogP contribution < -0.4 is 4.74 Å². The molecule has 2 heterocycles. The van der Waals surface area contributed by atoms with E-state index in [1.54, 1.807) is 30.7 Å². The zero-order valence-corrected chi connectivity index (χ0v) is 15.9. The van der Waals surface area contributed by atoms with Gasteiger partial charge in [0.15, 0.2) is 11.6 Å².